The van der Waals surface area contributed by atoms with Crippen molar-refractivity contribution >= 4 is 0 Å². The number of ether oxygens (including phenoxy) is 1. The van der Waals surface area contributed by atoms with Crippen molar-refractivity contribution in [1.29, 1.82) is 0 Å². The van der Waals surface area contributed by atoms with E-state index in [0.29, 0.717) is 12.6 Å². The molecule has 102 valence electrons. The van der Waals surface area contributed by atoms with Crippen LogP contribution in [0.25, 0.3) is 0 Å². The third-order valence-electron chi connectivity index (χ3n) is 2.72. The lowest BCUT2D eigenvalue weighted by Crippen LogP contribution is -2.22. The number of benzene rings is 1. The van der Waals surface area contributed by atoms with Gasteiger partial charge in [-0.25, -0.2) is 0 Å². The Morgan fingerprint density at radius 1 is 1.21 bits per heavy atom. The second-order valence-corrected chi connectivity index (χ2v) is 4.77. The zero-order chi connectivity index (χ0) is 13.5. The molecular formula is C15H21N3O. The molecule has 0 saturated heterocycles. The van der Waals surface area contributed by atoms with E-state index in [2.05, 4.69) is 24.3 Å². The first-order valence-corrected chi connectivity index (χ1v) is 6.67. The Hall–Kier alpha value is -1.81. The van der Waals surface area contributed by atoms with Crippen molar-refractivity contribution in [2.75, 3.05) is 6.61 Å². The van der Waals surface area contributed by atoms with Crippen molar-refractivity contribution in [3.8, 4) is 5.75 Å². The Morgan fingerprint density at radius 2 is 2.00 bits per heavy atom. The van der Waals surface area contributed by atoms with Gasteiger partial charge in [-0.2, -0.15) is 5.10 Å². The van der Waals surface area contributed by atoms with Crippen molar-refractivity contribution in [3.05, 3.63) is 48.3 Å². The van der Waals surface area contributed by atoms with Crippen LogP contribution in [0.5, 0.6) is 5.75 Å². The van der Waals surface area contributed by atoms with Crippen LogP contribution in [0.1, 0.15) is 19.5 Å². The van der Waals surface area contributed by atoms with Gasteiger partial charge in [0.05, 0.1) is 12.2 Å². The Labute approximate surface area is 114 Å². The van der Waals surface area contributed by atoms with Crippen LogP contribution in [0, 0.1) is 0 Å². The van der Waals surface area contributed by atoms with Gasteiger partial charge >= 0.3 is 0 Å². The normalized spacial score (nSPS) is 10.9. The smallest absolute Gasteiger partial charge is 0.119 e. The second-order valence-electron chi connectivity index (χ2n) is 4.77. The largest absolute Gasteiger partial charge is 0.492 e. The van der Waals surface area contributed by atoms with Gasteiger partial charge in [0.25, 0.3) is 0 Å². The van der Waals surface area contributed by atoms with E-state index < -0.39 is 0 Å². The molecular weight excluding hydrogens is 238 g/mol. The molecule has 0 spiro atoms. The van der Waals surface area contributed by atoms with Crippen LogP contribution in [-0.4, -0.2) is 22.4 Å². The van der Waals surface area contributed by atoms with E-state index in [4.69, 9.17) is 4.74 Å². The van der Waals surface area contributed by atoms with Crippen LogP contribution < -0.4 is 10.1 Å². The number of nitrogens with one attached hydrogen (secondary N) is 1. The summed E-state index contributed by atoms with van der Waals surface area (Å²) in [6, 6.07) is 12.4. The zero-order valence-electron chi connectivity index (χ0n) is 11.5. The Balaban J connectivity index is 1.74. The van der Waals surface area contributed by atoms with Crippen molar-refractivity contribution in [2.45, 2.75) is 33.0 Å². The number of hydrogen-bond acceptors (Lipinski definition) is 3. The van der Waals surface area contributed by atoms with Crippen LogP contribution in [0.4, 0.5) is 0 Å². The highest BCUT2D eigenvalue weighted by atomic mass is 16.5. The highest BCUT2D eigenvalue weighted by Gasteiger charge is 2.00. The van der Waals surface area contributed by atoms with E-state index in [-0.39, 0.29) is 0 Å². The van der Waals surface area contributed by atoms with Gasteiger partial charge in [0.2, 0.25) is 0 Å². The predicted molar refractivity (Wildman–Crippen MR) is 76.1 cm³/mol. The number of hydrogen-bond donors (Lipinski definition) is 1. The highest BCUT2D eigenvalue weighted by molar-refractivity contribution is 5.20. The topological polar surface area (TPSA) is 39.1 Å². The Kier molecular flexibility index (Phi) is 4.98. The number of para-hydroxylation sites is 1. The second kappa shape index (κ2) is 6.95. The van der Waals surface area contributed by atoms with Gasteiger partial charge in [0, 0.05) is 18.8 Å². The third-order valence-corrected chi connectivity index (χ3v) is 2.72. The molecule has 19 heavy (non-hydrogen) atoms. The molecule has 1 aromatic heterocycles. The summed E-state index contributed by atoms with van der Waals surface area (Å²) in [6.45, 7) is 6.46. The molecule has 0 saturated carbocycles. The molecule has 2 rings (SSSR count). The van der Waals surface area contributed by atoms with E-state index in [0.717, 1.165) is 24.5 Å². The monoisotopic (exact) mass is 259 g/mol. The summed E-state index contributed by atoms with van der Waals surface area (Å²) < 4.78 is 7.56. The van der Waals surface area contributed by atoms with Gasteiger partial charge in [0.1, 0.15) is 12.4 Å². The average molecular weight is 259 g/mol. The lowest BCUT2D eigenvalue weighted by molar-refractivity contribution is 0.291. The fraction of sp³-hybridized carbons (Fsp3) is 0.400. The van der Waals surface area contributed by atoms with Gasteiger partial charge in [-0.15, -0.1) is 0 Å². The van der Waals surface area contributed by atoms with E-state index in [1.165, 1.54) is 0 Å². The summed E-state index contributed by atoms with van der Waals surface area (Å²) >= 11 is 0. The van der Waals surface area contributed by atoms with E-state index in [1.807, 2.05) is 47.3 Å². The van der Waals surface area contributed by atoms with Gasteiger partial charge in [-0.05, 0) is 18.2 Å². The Bertz CT molecular complexity index is 479. The minimum atomic E-state index is 0.478. The molecule has 0 unspecified atom stereocenters. The molecule has 4 nitrogen and oxygen atoms in total. The number of aromatic nitrogens is 2. The van der Waals surface area contributed by atoms with Crippen LogP contribution in [0.2, 0.25) is 0 Å². The fourth-order valence-corrected chi connectivity index (χ4v) is 1.70. The van der Waals surface area contributed by atoms with Crippen molar-refractivity contribution < 1.29 is 4.74 Å². The summed E-state index contributed by atoms with van der Waals surface area (Å²) in [5.74, 6) is 0.899. The highest BCUT2D eigenvalue weighted by Crippen LogP contribution is 2.08. The molecule has 0 aliphatic heterocycles. The maximum atomic E-state index is 5.64. The van der Waals surface area contributed by atoms with Crippen LogP contribution in [0.3, 0.4) is 0 Å². The zero-order valence-corrected chi connectivity index (χ0v) is 11.5. The maximum Gasteiger partial charge on any atom is 0.119 e. The molecule has 1 heterocycles. The lowest BCUT2D eigenvalue weighted by Gasteiger charge is -2.06. The molecule has 0 atom stereocenters. The molecule has 1 N–H and O–H groups in total. The van der Waals surface area contributed by atoms with Gasteiger partial charge in [0.15, 0.2) is 0 Å². The van der Waals surface area contributed by atoms with E-state index in [1.54, 1.807) is 0 Å². The van der Waals surface area contributed by atoms with Crippen LogP contribution in [-0.2, 0) is 13.1 Å². The average Bonchev–Trinajstić information content (AvgIpc) is 2.86. The summed E-state index contributed by atoms with van der Waals surface area (Å²) in [6.07, 6.45) is 1.99. The Morgan fingerprint density at radius 3 is 2.74 bits per heavy atom. The molecule has 4 heteroatoms. The third kappa shape index (κ3) is 4.75. The van der Waals surface area contributed by atoms with Gasteiger partial charge < -0.3 is 10.1 Å². The van der Waals surface area contributed by atoms with E-state index in [9.17, 15) is 0 Å². The summed E-state index contributed by atoms with van der Waals surface area (Å²) in [5.41, 5.74) is 1.06. The van der Waals surface area contributed by atoms with Crippen molar-refractivity contribution in [2.24, 2.45) is 0 Å². The van der Waals surface area contributed by atoms with Gasteiger partial charge in [-0.1, -0.05) is 32.0 Å². The number of rotatable bonds is 7. The maximum absolute atomic E-state index is 5.64. The number of nitrogens with zero attached hydrogens (tertiary/aromatic N) is 2. The van der Waals surface area contributed by atoms with Crippen LogP contribution in [0.15, 0.2) is 42.6 Å². The molecule has 0 aliphatic rings. The molecule has 0 amide bonds. The molecule has 2 aromatic rings. The molecule has 1 aromatic carbocycles. The molecule has 0 aliphatic carbocycles. The molecule has 0 bridgehead atoms. The minimum Gasteiger partial charge on any atom is -0.492 e. The predicted octanol–water partition coefficient (Wildman–Crippen LogP) is 2.46. The molecule has 0 radical (unpaired) electrons. The van der Waals surface area contributed by atoms with Crippen molar-refractivity contribution in [3.63, 3.8) is 0 Å². The lowest BCUT2D eigenvalue weighted by atomic mass is 10.3. The fourth-order valence-electron chi connectivity index (χ4n) is 1.70. The summed E-state index contributed by atoms with van der Waals surface area (Å²) in [7, 11) is 0. The summed E-state index contributed by atoms with van der Waals surface area (Å²) in [5, 5.41) is 7.84. The molecule has 0 fully saturated rings. The SMILES string of the molecule is CC(C)NCc1ccn(CCOc2ccccc2)n1. The van der Waals surface area contributed by atoms with Gasteiger partial charge in [-0.3, -0.25) is 4.68 Å². The first-order chi connectivity index (χ1) is 9.24. The van der Waals surface area contributed by atoms with Crippen molar-refractivity contribution in [1.82, 2.24) is 15.1 Å². The summed E-state index contributed by atoms with van der Waals surface area (Å²) in [4.78, 5) is 0. The first-order valence-electron chi connectivity index (χ1n) is 6.67. The first kappa shape index (κ1) is 13.6. The van der Waals surface area contributed by atoms with Crippen LogP contribution >= 0.6 is 0 Å². The van der Waals surface area contributed by atoms with E-state index >= 15 is 0 Å². The quantitative estimate of drug-likeness (QED) is 0.830. The standard InChI is InChI=1S/C15H21N3O/c1-13(2)16-12-14-8-9-18(17-14)10-11-19-15-6-4-3-5-7-15/h3-9,13,16H,10-12H2,1-2H3. The minimum absolute atomic E-state index is 0.478.